The third kappa shape index (κ3) is 4.06. The fourth-order valence-electron chi connectivity index (χ4n) is 4.48. The first-order chi connectivity index (χ1) is 11.1. The molecule has 0 radical (unpaired) electrons. The van der Waals surface area contributed by atoms with E-state index in [1.54, 1.807) is 0 Å². The predicted octanol–water partition coefficient (Wildman–Crippen LogP) is 1.67. The highest BCUT2D eigenvalue weighted by Gasteiger charge is 2.39. The number of nitrogens with zero attached hydrogens (tertiary/aromatic N) is 1. The van der Waals surface area contributed by atoms with Crippen molar-refractivity contribution in [2.24, 2.45) is 11.8 Å². The molecule has 0 aromatic heterocycles. The number of piperidine rings is 1. The Balaban J connectivity index is 1.60. The average Bonchev–Trinajstić information content (AvgIpc) is 3.08. The highest BCUT2D eigenvalue weighted by atomic mass is 16.2. The first kappa shape index (κ1) is 16.7. The highest BCUT2D eigenvalue weighted by molar-refractivity contribution is 5.88. The van der Waals surface area contributed by atoms with Crippen molar-refractivity contribution in [2.45, 2.75) is 70.4 Å². The first-order valence-corrected chi connectivity index (χ1v) is 9.47. The van der Waals surface area contributed by atoms with Crippen LogP contribution < -0.4 is 10.6 Å². The fraction of sp³-hybridized carbons (Fsp3) is 0.889. The van der Waals surface area contributed by atoms with E-state index in [9.17, 15) is 9.59 Å². The summed E-state index contributed by atoms with van der Waals surface area (Å²) in [6.07, 6.45) is 8.12. The van der Waals surface area contributed by atoms with Gasteiger partial charge in [0.2, 0.25) is 11.8 Å². The van der Waals surface area contributed by atoms with E-state index in [0.29, 0.717) is 6.04 Å². The predicted molar refractivity (Wildman–Crippen MR) is 89.9 cm³/mol. The standard InChI is InChI=1S/C18H31N3O2/c1-13-12-14(8-9-19-13)20-17(22)15-6-2-3-7-16(15)18(23)21-10-4-5-11-21/h13-16,19H,2-12H2,1H3,(H,20,22). The van der Waals surface area contributed by atoms with Crippen LogP contribution in [0.4, 0.5) is 0 Å². The molecule has 1 saturated carbocycles. The molecule has 4 atom stereocenters. The van der Waals surface area contributed by atoms with Crippen LogP contribution in [0.5, 0.6) is 0 Å². The molecule has 1 aliphatic carbocycles. The Morgan fingerprint density at radius 2 is 1.70 bits per heavy atom. The Kier molecular flexibility index (Phi) is 5.57. The number of likely N-dealkylation sites (tertiary alicyclic amines) is 1. The number of amides is 2. The van der Waals surface area contributed by atoms with Gasteiger partial charge in [-0.3, -0.25) is 9.59 Å². The Hall–Kier alpha value is -1.10. The molecule has 2 saturated heterocycles. The fourth-order valence-corrected chi connectivity index (χ4v) is 4.48. The van der Waals surface area contributed by atoms with E-state index in [2.05, 4.69) is 17.6 Å². The molecule has 2 N–H and O–H groups in total. The number of nitrogens with one attached hydrogen (secondary N) is 2. The van der Waals surface area contributed by atoms with Gasteiger partial charge in [0.15, 0.2) is 0 Å². The molecule has 4 unspecified atom stereocenters. The van der Waals surface area contributed by atoms with Gasteiger partial charge >= 0.3 is 0 Å². The lowest BCUT2D eigenvalue weighted by Crippen LogP contribution is -2.50. The van der Waals surface area contributed by atoms with Crippen LogP contribution in [0.3, 0.4) is 0 Å². The smallest absolute Gasteiger partial charge is 0.226 e. The molecule has 3 rings (SSSR count). The maximum atomic E-state index is 12.8. The monoisotopic (exact) mass is 321 g/mol. The van der Waals surface area contributed by atoms with Crippen LogP contribution in [0.25, 0.3) is 0 Å². The van der Waals surface area contributed by atoms with Crippen molar-refractivity contribution in [2.75, 3.05) is 19.6 Å². The van der Waals surface area contributed by atoms with Gasteiger partial charge in [-0.05, 0) is 52.0 Å². The zero-order chi connectivity index (χ0) is 16.2. The summed E-state index contributed by atoms with van der Waals surface area (Å²) in [5, 5.41) is 6.66. The number of hydrogen-bond acceptors (Lipinski definition) is 3. The van der Waals surface area contributed by atoms with Gasteiger partial charge in [0.1, 0.15) is 0 Å². The van der Waals surface area contributed by atoms with Crippen LogP contribution in [0.15, 0.2) is 0 Å². The van der Waals surface area contributed by atoms with Crippen molar-refractivity contribution in [3.63, 3.8) is 0 Å². The lowest BCUT2D eigenvalue weighted by atomic mass is 9.77. The Labute approximate surface area is 139 Å². The minimum absolute atomic E-state index is 0.0824. The van der Waals surface area contributed by atoms with Gasteiger partial charge in [-0.25, -0.2) is 0 Å². The number of rotatable bonds is 3. The Bertz CT molecular complexity index is 434. The van der Waals surface area contributed by atoms with Gasteiger partial charge in [-0.1, -0.05) is 12.8 Å². The molecule has 23 heavy (non-hydrogen) atoms. The average molecular weight is 321 g/mol. The van der Waals surface area contributed by atoms with Crippen molar-refractivity contribution >= 4 is 11.8 Å². The molecule has 0 aromatic carbocycles. The molecule has 5 heteroatoms. The summed E-state index contributed by atoms with van der Waals surface area (Å²) in [7, 11) is 0. The summed E-state index contributed by atoms with van der Waals surface area (Å²) in [5.41, 5.74) is 0. The molecule has 5 nitrogen and oxygen atoms in total. The second kappa shape index (κ2) is 7.65. The summed E-state index contributed by atoms with van der Waals surface area (Å²) in [5.74, 6) is 0.172. The van der Waals surface area contributed by atoms with Crippen molar-refractivity contribution in [3.8, 4) is 0 Å². The summed E-state index contributed by atoms with van der Waals surface area (Å²) >= 11 is 0. The first-order valence-electron chi connectivity index (χ1n) is 9.47. The highest BCUT2D eigenvalue weighted by Crippen LogP contribution is 2.33. The Morgan fingerprint density at radius 1 is 1.00 bits per heavy atom. The lowest BCUT2D eigenvalue weighted by Gasteiger charge is -2.35. The third-order valence-electron chi connectivity index (χ3n) is 5.81. The zero-order valence-corrected chi connectivity index (χ0v) is 14.4. The number of carbonyl (C=O) groups is 2. The summed E-state index contributed by atoms with van der Waals surface area (Å²) < 4.78 is 0. The number of carbonyl (C=O) groups excluding carboxylic acids is 2. The van der Waals surface area contributed by atoms with E-state index < -0.39 is 0 Å². The maximum Gasteiger partial charge on any atom is 0.226 e. The molecule has 0 bridgehead atoms. The van der Waals surface area contributed by atoms with Crippen LogP contribution >= 0.6 is 0 Å². The van der Waals surface area contributed by atoms with Gasteiger partial charge < -0.3 is 15.5 Å². The van der Waals surface area contributed by atoms with Gasteiger partial charge in [-0.2, -0.15) is 0 Å². The number of hydrogen-bond donors (Lipinski definition) is 2. The molecule has 2 amide bonds. The molecule has 3 fully saturated rings. The van der Waals surface area contributed by atoms with Crippen LogP contribution in [0.1, 0.15) is 58.3 Å². The quantitative estimate of drug-likeness (QED) is 0.831. The molecular weight excluding hydrogens is 290 g/mol. The van der Waals surface area contributed by atoms with E-state index in [1.165, 1.54) is 0 Å². The van der Waals surface area contributed by atoms with Gasteiger partial charge in [0.25, 0.3) is 0 Å². The van der Waals surface area contributed by atoms with Crippen LogP contribution in [-0.4, -0.2) is 48.4 Å². The molecule has 2 heterocycles. The molecule has 130 valence electrons. The van der Waals surface area contributed by atoms with Crippen molar-refractivity contribution in [1.29, 1.82) is 0 Å². The van der Waals surface area contributed by atoms with Crippen molar-refractivity contribution in [3.05, 3.63) is 0 Å². The molecule has 0 aromatic rings. The van der Waals surface area contributed by atoms with E-state index in [4.69, 9.17) is 0 Å². The molecule has 2 aliphatic heterocycles. The summed E-state index contributed by atoms with van der Waals surface area (Å²) in [6, 6.07) is 0.727. The SMILES string of the molecule is CC1CC(NC(=O)C2CCCCC2C(=O)N2CCCC2)CCN1. The van der Waals surface area contributed by atoms with E-state index >= 15 is 0 Å². The second-order valence-electron chi connectivity index (χ2n) is 7.61. The van der Waals surface area contributed by atoms with E-state index in [0.717, 1.165) is 71.0 Å². The largest absolute Gasteiger partial charge is 0.353 e. The van der Waals surface area contributed by atoms with Crippen molar-refractivity contribution in [1.82, 2.24) is 15.5 Å². The third-order valence-corrected chi connectivity index (χ3v) is 5.81. The minimum Gasteiger partial charge on any atom is -0.353 e. The van der Waals surface area contributed by atoms with Gasteiger partial charge in [0, 0.05) is 37.0 Å². The Morgan fingerprint density at radius 3 is 2.39 bits per heavy atom. The second-order valence-corrected chi connectivity index (χ2v) is 7.61. The minimum atomic E-state index is -0.109. The van der Waals surface area contributed by atoms with Gasteiger partial charge in [0.05, 0.1) is 0 Å². The summed E-state index contributed by atoms with van der Waals surface area (Å²) in [6.45, 7) is 4.90. The van der Waals surface area contributed by atoms with E-state index in [1.807, 2.05) is 4.90 Å². The lowest BCUT2D eigenvalue weighted by molar-refractivity contribution is -0.143. The van der Waals surface area contributed by atoms with Gasteiger partial charge in [-0.15, -0.1) is 0 Å². The molecule has 3 aliphatic rings. The van der Waals surface area contributed by atoms with E-state index in [-0.39, 0.29) is 29.7 Å². The normalized spacial score (nSPS) is 35.1. The zero-order valence-electron chi connectivity index (χ0n) is 14.4. The van der Waals surface area contributed by atoms with Crippen LogP contribution in [-0.2, 0) is 9.59 Å². The van der Waals surface area contributed by atoms with Crippen LogP contribution in [0, 0.1) is 11.8 Å². The maximum absolute atomic E-state index is 12.8. The summed E-state index contributed by atoms with van der Waals surface area (Å²) in [4.78, 5) is 27.6. The van der Waals surface area contributed by atoms with Crippen LogP contribution in [0.2, 0.25) is 0 Å². The molecule has 0 spiro atoms. The topological polar surface area (TPSA) is 61.4 Å². The van der Waals surface area contributed by atoms with Crippen molar-refractivity contribution < 1.29 is 9.59 Å². The molecular formula is C18H31N3O2.